The van der Waals surface area contributed by atoms with Crippen molar-refractivity contribution in [1.29, 1.82) is 0 Å². The molecule has 41 heavy (non-hydrogen) atoms. The number of aliphatic carboxylic acids is 1. The number of carboxylic acids is 1. The molecule has 206 valence electrons. The number of carboxylic acid groups (broad SMARTS) is 1. The SMILES string of the molecule is CC(OC(=O)Nc1c(-c2cc3sc(-c4ccc5nc(C6(C(=O)O)CC6)[nH]c5c4)cc3s2)nnn1C)c1ccccc1. The van der Waals surface area contributed by atoms with E-state index in [1.807, 2.05) is 55.5 Å². The second kappa shape index (κ2) is 9.53. The number of fused-ring (bicyclic) bond motifs is 2. The third-order valence-corrected chi connectivity index (χ3v) is 9.77. The summed E-state index contributed by atoms with van der Waals surface area (Å²) in [6, 6.07) is 19.7. The average Bonchev–Trinajstić information content (AvgIpc) is 3.20. The van der Waals surface area contributed by atoms with Crippen molar-refractivity contribution >= 4 is 61.0 Å². The van der Waals surface area contributed by atoms with E-state index in [0.717, 1.165) is 41.3 Å². The lowest BCUT2D eigenvalue weighted by atomic mass is 10.1. The van der Waals surface area contributed by atoms with Crippen molar-refractivity contribution in [2.75, 3.05) is 5.32 Å². The maximum absolute atomic E-state index is 12.7. The lowest BCUT2D eigenvalue weighted by Gasteiger charge is -2.14. The minimum atomic E-state index is -0.869. The molecule has 0 aliphatic heterocycles. The Kier molecular flexibility index (Phi) is 5.91. The van der Waals surface area contributed by atoms with Crippen LogP contribution >= 0.6 is 22.7 Å². The molecule has 4 aromatic heterocycles. The van der Waals surface area contributed by atoms with E-state index in [9.17, 15) is 14.7 Å². The van der Waals surface area contributed by atoms with E-state index in [1.54, 1.807) is 29.7 Å². The molecule has 6 aromatic rings. The number of carbonyl (C=O) groups is 2. The Morgan fingerprint density at radius 2 is 1.80 bits per heavy atom. The number of nitrogens with one attached hydrogen (secondary N) is 2. The fraction of sp³-hybridized carbons (Fsp3) is 0.207. The maximum Gasteiger partial charge on any atom is 0.413 e. The lowest BCUT2D eigenvalue weighted by Crippen LogP contribution is -2.20. The number of hydrogen-bond acceptors (Lipinski definition) is 8. The summed E-state index contributed by atoms with van der Waals surface area (Å²) in [4.78, 5) is 34.2. The number of aryl methyl sites for hydroxylation is 1. The number of imidazole rings is 1. The highest BCUT2D eigenvalue weighted by molar-refractivity contribution is 7.31. The van der Waals surface area contributed by atoms with Crippen LogP contribution in [0.3, 0.4) is 0 Å². The number of carbonyl (C=O) groups excluding carboxylic acids is 1. The van der Waals surface area contributed by atoms with E-state index in [0.29, 0.717) is 30.2 Å². The van der Waals surface area contributed by atoms with E-state index in [2.05, 4.69) is 37.7 Å². The van der Waals surface area contributed by atoms with Gasteiger partial charge in [-0.05, 0) is 55.2 Å². The summed E-state index contributed by atoms with van der Waals surface area (Å²) in [5.41, 5.74) is 3.22. The maximum atomic E-state index is 12.7. The molecule has 0 saturated heterocycles. The van der Waals surface area contributed by atoms with E-state index < -0.39 is 23.6 Å². The van der Waals surface area contributed by atoms with Gasteiger partial charge in [0.25, 0.3) is 0 Å². The Bertz CT molecular complexity index is 1920. The Balaban J connectivity index is 1.12. The zero-order valence-corrected chi connectivity index (χ0v) is 23.7. The quantitative estimate of drug-likeness (QED) is 0.189. The van der Waals surface area contributed by atoms with Gasteiger partial charge in [0.05, 0.1) is 15.9 Å². The first-order valence-corrected chi connectivity index (χ1v) is 14.6. The van der Waals surface area contributed by atoms with Gasteiger partial charge >= 0.3 is 12.1 Å². The molecule has 1 atom stereocenters. The van der Waals surface area contributed by atoms with Crippen molar-refractivity contribution in [1.82, 2.24) is 25.0 Å². The molecule has 1 saturated carbocycles. The van der Waals surface area contributed by atoms with Crippen molar-refractivity contribution in [2.24, 2.45) is 7.05 Å². The van der Waals surface area contributed by atoms with Crippen LogP contribution in [0, 0.1) is 0 Å². The molecule has 4 heterocycles. The number of aromatic amines is 1. The third kappa shape index (κ3) is 4.45. The number of thiophene rings is 2. The molecule has 10 nitrogen and oxygen atoms in total. The van der Waals surface area contributed by atoms with Gasteiger partial charge < -0.3 is 14.8 Å². The van der Waals surface area contributed by atoms with E-state index in [1.165, 1.54) is 4.68 Å². The lowest BCUT2D eigenvalue weighted by molar-refractivity contribution is -0.140. The summed E-state index contributed by atoms with van der Waals surface area (Å²) < 4.78 is 9.28. The highest BCUT2D eigenvalue weighted by Gasteiger charge is 2.54. The molecular formula is C29H24N6O4S2. The Morgan fingerprint density at radius 3 is 2.54 bits per heavy atom. The topological polar surface area (TPSA) is 135 Å². The summed E-state index contributed by atoms with van der Waals surface area (Å²) in [6.07, 6.45) is 0.221. The molecule has 0 radical (unpaired) electrons. The molecule has 12 heteroatoms. The number of nitrogens with zero attached hydrogens (tertiary/aromatic N) is 4. The molecule has 2 aromatic carbocycles. The smallest absolute Gasteiger partial charge is 0.413 e. The van der Waals surface area contributed by atoms with Crippen LogP contribution in [0.5, 0.6) is 0 Å². The van der Waals surface area contributed by atoms with Gasteiger partial charge in [-0.1, -0.05) is 41.6 Å². The number of anilines is 1. The fourth-order valence-electron chi connectivity index (χ4n) is 4.90. The Hall–Kier alpha value is -4.55. The van der Waals surface area contributed by atoms with Gasteiger partial charge in [0.15, 0.2) is 5.82 Å². The van der Waals surface area contributed by atoms with Crippen molar-refractivity contribution in [3.05, 3.63) is 72.1 Å². The molecule has 0 spiro atoms. The first-order valence-electron chi connectivity index (χ1n) is 13.0. The van der Waals surface area contributed by atoms with Gasteiger partial charge in [-0.2, -0.15) is 0 Å². The van der Waals surface area contributed by atoms with Gasteiger partial charge in [-0.3, -0.25) is 10.1 Å². The second-order valence-electron chi connectivity index (χ2n) is 10.1. The number of benzene rings is 2. The molecule has 1 unspecified atom stereocenters. The van der Waals surface area contributed by atoms with Gasteiger partial charge in [0, 0.05) is 21.3 Å². The molecule has 0 bridgehead atoms. The summed E-state index contributed by atoms with van der Waals surface area (Å²) in [7, 11) is 1.72. The van der Waals surface area contributed by atoms with Crippen LogP contribution in [0.25, 0.3) is 41.4 Å². The molecular weight excluding hydrogens is 560 g/mol. The van der Waals surface area contributed by atoms with Crippen molar-refractivity contribution in [3.63, 3.8) is 0 Å². The average molecular weight is 585 g/mol. The first kappa shape index (κ1) is 25.4. The van der Waals surface area contributed by atoms with Crippen molar-refractivity contribution in [2.45, 2.75) is 31.3 Å². The standard InChI is InChI=1S/C29H24N6O4S2/c1-15(16-6-4-3-5-7-16)39-28(38)32-25-24(33-34-35(25)2)23-14-22-21(41-23)13-20(40-22)17-8-9-18-19(12-17)31-26(30-18)29(10-11-29)27(36)37/h3-9,12-15H,10-11H2,1-2H3,(H,30,31)(H,32,38)(H,36,37). The predicted molar refractivity (Wildman–Crippen MR) is 158 cm³/mol. The molecule has 3 N–H and O–H groups in total. The van der Waals surface area contributed by atoms with E-state index in [4.69, 9.17) is 4.74 Å². The Labute approximate surface area is 241 Å². The minimum absolute atomic E-state index is 0.411. The van der Waals surface area contributed by atoms with Crippen LogP contribution in [0.2, 0.25) is 0 Å². The van der Waals surface area contributed by atoms with Gasteiger partial charge in [0.1, 0.15) is 23.0 Å². The monoisotopic (exact) mass is 584 g/mol. The van der Waals surface area contributed by atoms with Crippen LogP contribution in [0.15, 0.2) is 60.7 Å². The minimum Gasteiger partial charge on any atom is -0.480 e. The van der Waals surface area contributed by atoms with Gasteiger partial charge in [-0.15, -0.1) is 27.8 Å². The number of aromatic nitrogens is 5. The first-order chi connectivity index (χ1) is 19.8. The second-order valence-corrected chi connectivity index (χ2v) is 12.3. The number of ether oxygens (including phenoxy) is 1. The van der Waals surface area contributed by atoms with Crippen LogP contribution in [0.4, 0.5) is 10.6 Å². The summed E-state index contributed by atoms with van der Waals surface area (Å²) >= 11 is 3.22. The number of H-pyrrole nitrogens is 1. The fourth-order valence-corrected chi connectivity index (χ4v) is 7.28. The summed E-state index contributed by atoms with van der Waals surface area (Å²) in [6.45, 7) is 1.82. The van der Waals surface area contributed by atoms with Gasteiger partial charge in [0.2, 0.25) is 0 Å². The largest absolute Gasteiger partial charge is 0.480 e. The Morgan fingerprint density at radius 1 is 1.07 bits per heavy atom. The molecule has 1 amide bonds. The summed E-state index contributed by atoms with van der Waals surface area (Å²) in [5, 5.41) is 20.9. The molecule has 1 aliphatic carbocycles. The number of rotatable bonds is 7. The van der Waals surface area contributed by atoms with Crippen molar-refractivity contribution < 1.29 is 19.4 Å². The zero-order valence-electron chi connectivity index (χ0n) is 22.0. The van der Waals surface area contributed by atoms with E-state index in [-0.39, 0.29) is 0 Å². The highest BCUT2D eigenvalue weighted by atomic mass is 32.1. The van der Waals surface area contributed by atoms with Crippen LogP contribution in [-0.2, 0) is 22.0 Å². The van der Waals surface area contributed by atoms with Crippen LogP contribution in [0.1, 0.15) is 37.3 Å². The zero-order chi connectivity index (χ0) is 28.3. The number of hydrogen-bond donors (Lipinski definition) is 3. The molecule has 1 aliphatic rings. The van der Waals surface area contributed by atoms with Gasteiger partial charge in [-0.25, -0.2) is 14.5 Å². The van der Waals surface area contributed by atoms with Crippen molar-refractivity contribution in [3.8, 4) is 21.0 Å². The molecule has 7 rings (SSSR count). The molecule has 1 fully saturated rings. The number of amides is 1. The van der Waals surface area contributed by atoms with Crippen LogP contribution in [-0.4, -0.2) is 42.1 Å². The van der Waals surface area contributed by atoms with Crippen LogP contribution < -0.4 is 5.32 Å². The van der Waals surface area contributed by atoms with E-state index >= 15 is 0 Å². The third-order valence-electron chi connectivity index (χ3n) is 7.42. The summed E-state index contributed by atoms with van der Waals surface area (Å²) in [5.74, 6) is 0.159. The highest BCUT2D eigenvalue weighted by Crippen LogP contribution is 2.48. The predicted octanol–water partition coefficient (Wildman–Crippen LogP) is 6.73. The normalized spacial score (nSPS) is 14.8.